The van der Waals surface area contributed by atoms with Crippen molar-refractivity contribution in [3.8, 4) is 11.5 Å². The van der Waals surface area contributed by atoms with Gasteiger partial charge in [-0.15, -0.1) is 0 Å². The molecule has 0 radical (unpaired) electrons. The third-order valence-corrected chi connectivity index (χ3v) is 6.44. The molecule has 33 heavy (non-hydrogen) atoms. The topological polar surface area (TPSA) is 68.0 Å². The summed E-state index contributed by atoms with van der Waals surface area (Å²) in [6.07, 6.45) is 0. The maximum atomic E-state index is 13.2. The van der Waals surface area contributed by atoms with E-state index in [9.17, 15) is 4.79 Å². The van der Waals surface area contributed by atoms with E-state index in [0.29, 0.717) is 65.5 Å². The number of piperazine rings is 1. The Labute approximate surface area is 202 Å². The zero-order valence-electron chi connectivity index (χ0n) is 18.5. The van der Waals surface area contributed by atoms with E-state index in [1.54, 1.807) is 18.9 Å². The number of rotatable bonds is 7. The van der Waals surface area contributed by atoms with Crippen molar-refractivity contribution in [3.05, 3.63) is 75.1 Å². The van der Waals surface area contributed by atoms with E-state index in [0.717, 1.165) is 11.3 Å². The molecule has 174 valence electrons. The van der Waals surface area contributed by atoms with Crippen molar-refractivity contribution in [1.82, 2.24) is 15.0 Å². The number of hydrogen-bond acceptors (Lipinski definition) is 6. The summed E-state index contributed by atoms with van der Waals surface area (Å²) in [7, 11) is 1.61. The number of nitrogens with zero attached hydrogens (tertiary/aromatic N) is 3. The Morgan fingerprint density at radius 3 is 2.27 bits per heavy atom. The molecule has 0 saturated carbocycles. The lowest BCUT2D eigenvalue weighted by molar-refractivity contribution is 0.0616. The van der Waals surface area contributed by atoms with Gasteiger partial charge in [-0.1, -0.05) is 34.4 Å². The zero-order chi connectivity index (χ0) is 23.4. The standard InChI is InChI=1S/C24H25Cl2N3O4/c1-16-20(15-32-18-8-6-17(31-2)7-9-18)23(27-33-16)24(30)29-12-10-28(11-13-29)14-19-21(25)4-3-5-22(19)26/h3-9H,10-15H2,1-2H3. The highest BCUT2D eigenvalue weighted by Crippen LogP contribution is 2.26. The minimum absolute atomic E-state index is 0.157. The Morgan fingerprint density at radius 2 is 1.64 bits per heavy atom. The summed E-state index contributed by atoms with van der Waals surface area (Å²) in [6.45, 7) is 5.18. The van der Waals surface area contributed by atoms with Crippen molar-refractivity contribution >= 4 is 29.1 Å². The van der Waals surface area contributed by atoms with Gasteiger partial charge in [0.25, 0.3) is 5.91 Å². The van der Waals surface area contributed by atoms with Gasteiger partial charge in [-0.05, 0) is 43.3 Å². The molecule has 2 heterocycles. The summed E-state index contributed by atoms with van der Waals surface area (Å²) in [5, 5.41) is 5.33. The molecule has 0 bridgehead atoms. The van der Waals surface area contributed by atoms with Crippen molar-refractivity contribution in [1.29, 1.82) is 0 Å². The number of carbonyl (C=O) groups excluding carboxylic acids is 1. The number of hydrogen-bond donors (Lipinski definition) is 0. The highest BCUT2D eigenvalue weighted by atomic mass is 35.5. The summed E-state index contributed by atoms with van der Waals surface area (Å²) in [6, 6.07) is 12.8. The van der Waals surface area contributed by atoms with E-state index < -0.39 is 0 Å². The van der Waals surface area contributed by atoms with Crippen LogP contribution in [0.5, 0.6) is 11.5 Å². The van der Waals surface area contributed by atoms with Crippen molar-refractivity contribution in [2.45, 2.75) is 20.1 Å². The molecule has 0 unspecified atom stereocenters. The molecule has 3 aromatic rings. The normalized spacial score (nSPS) is 14.4. The molecule has 1 aliphatic rings. The molecule has 1 aromatic heterocycles. The molecule has 0 aliphatic carbocycles. The summed E-state index contributed by atoms with van der Waals surface area (Å²) in [4.78, 5) is 17.2. The average molecular weight is 490 g/mol. The largest absolute Gasteiger partial charge is 0.497 e. The number of benzene rings is 2. The Morgan fingerprint density at radius 1 is 1.00 bits per heavy atom. The Kier molecular flexibility index (Phi) is 7.42. The number of aromatic nitrogens is 1. The Bertz CT molecular complexity index is 1090. The van der Waals surface area contributed by atoms with Gasteiger partial charge in [-0.3, -0.25) is 9.69 Å². The fraction of sp³-hybridized carbons (Fsp3) is 0.333. The maximum absolute atomic E-state index is 13.2. The van der Waals surface area contributed by atoms with Crippen LogP contribution in [0.3, 0.4) is 0 Å². The first-order valence-electron chi connectivity index (χ1n) is 10.6. The smallest absolute Gasteiger partial charge is 0.276 e. The van der Waals surface area contributed by atoms with Crippen LogP contribution in [0.25, 0.3) is 0 Å². The van der Waals surface area contributed by atoms with Gasteiger partial charge in [-0.25, -0.2) is 0 Å². The second-order valence-electron chi connectivity index (χ2n) is 7.80. The third kappa shape index (κ3) is 5.43. The molecule has 1 amide bonds. The van der Waals surface area contributed by atoms with E-state index >= 15 is 0 Å². The zero-order valence-corrected chi connectivity index (χ0v) is 20.0. The second-order valence-corrected chi connectivity index (χ2v) is 8.61. The molecule has 1 saturated heterocycles. The molecule has 7 nitrogen and oxygen atoms in total. The number of ether oxygens (including phenoxy) is 2. The summed E-state index contributed by atoms with van der Waals surface area (Å²) < 4.78 is 16.3. The third-order valence-electron chi connectivity index (χ3n) is 5.73. The number of carbonyl (C=O) groups is 1. The number of aryl methyl sites for hydroxylation is 1. The van der Waals surface area contributed by atoms with Crippen LogP contribution in [0.2, 0.25) is 10.0 Å². The van der Waals surface area contributed by atoms with Crippen LogP contribution in [-0.4, -0.2) is 54.2 Å². The van der Waals surface area contributed by atoms with Gasteiger partial charge in [0, 0.05) is 48.3 Å². The number of halogens is 2. The van der Waals surface area contributed by atoms with Crippen LogP contribution in [0.1, 0.15) is 27.4 Å². The molecule has 4 rings (SSSR count). The fourth-order valence-corrected chi connectivity index (χ4v) is 4.24. The SMILES string of the molecule is COc1ccc(OCc2c(C(=O)N3CCN(Cc4c(Cl)cccc4Cl)CC3)noc2C)cc1. The number of amides is 1. The van der Waals surface area contributed by atoms with E-state index in [1.165, 1.54) is 0 Å². The first-order chi connectivity index (χ1) is 16.0. The van der Waals surface area contributed by atoms with Crippen LogP contribution < -0.4 is 9.47 Å². The van der Waals surface area contributed by atoms with Crippen LogP contribution in [-0.2, 0) is 13.2 Å². The lowest BCUT2D eigenvalue weighted by Crippen LogP contribution is -2.48. The van der Waals surface area contributed by atoms with Gasteiger partial charge in [0.2, 0.25) is 0 Å². The predicted octanol–water partition coefficient (Wildman–Crippen LogP) is 4.84. The monoisotopic (exact) mass is 489 g/mol. The minimum Gasteiger partial charge on any atom is -0.497 e. The molecule has 1 fully saturated rings. The molecule has 9 heteroatoms. The highest BCUT2D eigenvalue weighted by molar-refractivity contribution is 6.35. The highest BCUT2D eigenvalue weighted by Gasteiger charge is 2.28. The summed E-state index contributed by atoms with van der Waals surface area (Å²) in [5.41, 5.74) is 1.86. The van der Waals surface area contributed by atoms with Gasteiger partial charge in [0.05, 0.1) is 12.7 Å². The van der Waals surface area contributed by atoms with Gasteiger partial charge in [-0.2, -0.15) is 0 Å². The van der Waals surface area contributed by atoms with Gasteiger partial charge in [0.15, 0.2) is 5.69 Å². The second kappa shape index (κ2) is 10.5. The maximum Gasteiger partial charge on any atom is 0.276 e. The van der Waals surface area contributed by atoms with Crippen molar-refractivity contribution < 1.29 is 18.8 Å². The van der Waals surface area contributed by atoms with E-state index in [1.807, 2.05) is 42.5 Å². The number of methoxy groups -OCH3 is 1. The minimum atomic E-state index is -0.157. The van der Waals surface area contributed by atoms with Crippen molar-refractivity contribution in [2.75, 3.05) is 33.3 Å². The average Bonchev–Trinajstić information content (AvgIpc) is 3.20. The molecule has 0 atom stereocenters. The first-order valence-corrected chi connectivity index (χ1v) is 11.4. The Hall–Kier alpha value is -2.74. The van der Waals surface area contributed by atoms with Crippen LogP contribution >= 0.6 is 23.2 Å². The van der Waals surface area contributed by atoms with Crippen molar-refractivity contribution in [3.63, 3.8) is 0 Å². The van der Waals surface area contributed by atoms with Crippen LogP contribution in [0.4, 0.5) is 0 Å². The van der Waals surface area contributed by atoms with E-state index in [4.69, 9.17) is 37.2 Å². The lowest BCUT2D eigenvalue weighted by Gasteiger charge is -2.34. The molecule has 0 N–H and O–H groups in total. The van der Waals surface area contributed by atoms with Gasteiger partial charge in [0.1, 0.15) is 23.9 Å². The Balaban J connectivity index is 1.37. The predicted molar refractivity (Wildman–Crippen MR) is 126 cm³/mol. The fourth-order valence-electron chi connectivity index (χ4n) is 3.72. The first kappa shape index (κ1) is 23.4. The quantitative estimate of drug-likeness (QED) is 0.473. The molecular weight excluding hydrogens is 465 g/mol. The molecule has 2 aromatic carbocycles. The summed E-state index contributed by atoms with van der Waals surface area (Å²) in [5.74, 6) is 1.83. The molecule has 0 spiro atoms. The van der Waals surface area contributed by atoms with Gasteiger partial charge < -0.3 is 18.9 Å². The van der Waals surface area contributed by atoms with Gasteiger partial charge >= 0.3 is 0 Å². The van der Waals surface area contributed by atoms with Crippen LogP contribution in [0, 0.1) is 6.92 Å². The molecule has 1 aliphatic heterocycles. The van der Waals surface area contributed by atoms with E-state index in [-0.39, 0.29) is 12.5 Å². The van der Waals surface area contributed by atoms with Crippen molar-refractivity contribution in [2.24, 2.45) is 0 Å². The van der Waals surface area contributed by atoms with E-state index in [2.05, 4.69) is 10.1 Å². The summed E-state index contributed by atoms with van der Waals surface area (Å²) >= 11 is 12.6. The molecular formula is C24H25Cl2N3O4. The lowest BCUT2D eigenvalue weighted by atomic mass is 10.1. The van der Waals surface area contributed by atoms with Crippen LogP contribution in [0.15, 0.2) is 47.0 Å².